The molecule has 0 radical (unpaired) electrons. The van der Waals surface area contributed by atoms with E-state index in [0.29, 0.717) is 5.82 Å². The van der Waals surface area contributed by atoms with Gasteiger partial charge in [-0.3, -0.25) is 20.1 Å². The number of aromatic amines is 2. The van der Waals surface area contributed by atoms with Crippen LogP contribution in [0.1, 0.15) is 0 Å². The number of hydrogen-bond acceptors (Lipinski definition) is 6. The summed E-state index contributed by atoms with van der Waals surface area (Å²) in [6, 6.07) is 9.62. The third-order valence-corrected chi connectivity index (χ3v) is 4.82. The lowest BCUT2D eigenvalue weighted by atomic mass is 10.1. The van der Waals surface area contributed by atoms with Crippen LogP contribution >= 0.6 is 0 Å². The largest absolute Gasteiger partial charge is 0.472 e. The maximum atomic E-state index is 5.20. The van der Waals surface area contributed by atoms with E-state index in [1.54, 1.807) is 37.3 Å². The number of imidazole rings is 1. The summed E-state index contributed by atoms with van der Waals surface area (Å²) < 4.78 is 5.20. The van der Waals surface area contributed by atoms with Crippen molar-refractivity contribution in [3.05, 3.63) is 67.6 Å². The first-order valence-electron chi connectivity index (χ1n) is 8.99. The summed E-state index contributed by atoms with van der Waals surface area (Å²) in [5.41, 5.74) is 6.61. The number of H-pyrrole nitrogens is 2. The Morgan fingerprint density at radius 2 is 1.90 bits per heavy atom. The molecule has 0 fully saturated rings. The van der Waals surface area contributed by atoms with Gasteiger partial charge in [-0.1, -0.05) is 0 Å². The molecule has 0 aliphatic heterocycles. The monoisotopic (exact) mass is 379 g/mol. The van der Waals surface area contributed by atoms with Crippen molar-refractivity contribution in [3.63, 3.8) is 0 Å². The Morgan fingerprint density at radius 1 is 0.897 bits per heavy atom. The van der Waals surface area contributed by atoms with Gasteiger partial charge in [0, 0.05) is 35.1 Å². The summed E-state index contributed by atoms with van der Waals surface area (Å²) in [6.45, 7) is 0. The van der Waals surface area contributed by atoms with Crippen molar-refractivity contribution >= 4 is 21.9 Å². The van der Waals surface area contributed by atoms with Crippen molar-refractivity contribution in [2.24, 2.45) is 0 Å². The maximum Gasteiger partial charge on any atom is 0.159 e. The Labute approximate surface area is 163 Å². The van der Waals surface area contributed by atoms with Gasteiger partial charge >= 0.3 is 0 Å². The molecule has 0 unspecified atom stereocenters. The molecule has 0 aliphatic carbocycles. The van der Waals surface area contributed by atoms with Gasteiger partial charge in [0.1, 0.15) is 16.9 Å². The number of furan rings is 1. The van der Waals surface area contributed by atoms with Crippen LogP contribution in [0.3, 0.4) is 0 Å². The van der Waals surface area contributed by atoms with Crippen LogP contribution in [0.2, 0.25) is 0 Å². The van der Waals surface area contributed by atoms with E-state index in [2.05, 4.69) is 30.1 Å². The molecule has 0 spiro atoms. The summed E-state index contributed by atoms with van der Waals surface area (Å²) in [7, 11) is 0. The van der Waals surface area contributed by atoms with Gasteiger partial charge in [-0.2, -0.15) is 5.10 Å². The van der Waals surface area contributed by atoms with Gasteiger partial charge in [0.15, 0.2) is 5.82 Å². The number of rotatable bonds is 3. The van der Waals surface area contributed by atoms with Crippen LogP contribution in [0, 0.1) is 0 Å². The minimum absolute atomic E-state index is 0.660. The molecule has 0 atom stereocenters. The minimum Gasteiger partial charge on any atom is -0.472 e. The average molecular weight is 379 g/mol. The summed E-state index contributed by atoms with van der Waals surface area (Å²) in [5, 5.41) is 8.43. The molecule has 2 N–H and O–H groups in total. The topological polar surface area (TPSA) is 109 Å². The second-order valence-electron chi connectivity index (χ2n) is 6.58. The Hall–Kier alpha value is -4.33. The van der Waals surface area contributed by atoms with Gasteiger partial charge in [-0.05, 0) is 30.3 Å². The van der Waals surface area contributed by atoms with Crippen molar-refractivity contribution < 1.29 is 4.42 Å². The van der Waals surface area contributed by atoms with Crippen molar-refractivity contribution in [3.8, 4) is 34.0 Å². The van der Waals surface area contributed by atoms with Crippen molar-refractivity contribution in [1.82, 2.24) is 35.1 Å². The average Bonchev–Trinajstić information content (AvgIpc) is 3.52. The fourth-order valence-electron chi connectivity index (χ4n) is 3.43. The van der Waals surface area contributed by atoms with Crippen LogP contribution in [-0.4, -0.2) is 35.1 Å². The van der Waals surface area contributed by atoms with Gasteiger partial charge < -0.3 is 9.40 Å². The molecule has 6 aromatic heterocycles. The number of nitrogens with one attached hydrogen (secondary N) is 2. The van der Waals surface area contributed by atoms with Crippen molar-refractivity contribution in [2.45, 2.75) is 0 Å². The summed E-state index contributed by atoms with van der Waals surface area (Å²) >= 11 is 0. The second kappa shape index (κ2) is 6.10. The zero-order valence-electron chi connectivity index (χ0n) is 15.0. The van der Waals surface area contributed by atoms with Gasteiger partial charge in [0.2, 0.25) is 0 Å². The van der Waals surface area contributed by atoms with Crippen molar-refractivity contribution in [1.29, 1.82) is 0 Å². The molecule has 0 saturated heterocycles. The number of nitrogens with zero attached hydrogens (tertiary/aromatic N) is 5. The van der Waals surface area contributed by atoms with E-state index in [9.17, 15) is 0 Å². The third-order valence-electron chi connectivity index (χ3n) is 4.82. The number of fused-ring (bicyclic) bond motifs is 2. The fourth-order valence-corrected chi connectivity index (χ4v) is 3.43. The van der Waals surface area contributed by atoms with E-state index in [1.165, 1.54) is 0 Å². The molecule has 6 rings (SSSR count). The molecule has 0 aromatic carbocycles. The summed E-state index contributed by atoms with van der Waals surface area (Å²) in [6.07, 6.45) is 10.3. The molecule has 0 saturated carbocycles. The molecular formula is C21H13N7O. The van der Waals surface area contributed by atoms with Crippen LogP contribution in [-0.2, 0) is 0 Å². The molecule has 0 aliphatic rings. The summed E-state index contributed by atoms with van der Waals surface area (Å²) in [4.78, 5) is 21.3. The molecule has 0 amide bonds. The third kappa shape index (κ3) is 2.50. The van der Waals surface area contributed by atoms with Crippen molar-refractivity contribution in [2.75, 3.05) is 0 Å². The first-order valence-corrected chi connectivity index (χ1v) is 8.99. The molecule has 8 heteroatoms. The lowest BCUT2D eigenvalue weighted by Crippen LogP contribution is -1.86. The van der Waals surface area contributed by atoms with Gasteiger partial charge in [-0.25, -0.2) is 4.98 Å². The predicted molar refractivity (Wildman–Crippen MR) is 108 cm³/mol. The Bertz CT molecular complexity index is 1450. The number of pyridine rings is 3. The molecule has 6 heterocycles. The normalized spacial score (nSPS) is 11.4. The minimum atomic E-state index is 0.660. The standard InChI is InChI=1S/C21H13N7O/c1-2-12(9-22-5-1)16-8-14-17(10-24-16)27-28-19(14)21-25-15-3-6-23-18(20(15)26-21)13-4-7-29-11-13/h1-11H,(H,25,26)(H,27,28). The quantitative estimate of drug-likeness (QED) is 0.476. The number of aromatic nitrogens is 7. The van der Waals surface area contributed by atoms with Crippen LogP contribution in [0.25, 0.3) is 56.0 Å². The van der Waals surface area contributed by atoms with E-state index >= 15 is 0 Å². The highest BCUT2D eigenvalue weighted by atomic mass is 16.3. The zero-order chi connectivity index (χ0) is 19.2. The highest BCUT2D eigenvalue weighted by Gasteiger charge is 2.17. The second-order valence-corrected chi connectivity index (χ2v) is 6.58. The lowest BCUT2D eigenvalue weighted by Gasteiger charge is -2.00. The van der Waals surface area contributed by atoms with Gasteiger partial charge in [0.25, 0.3) is 0 Å². The molecule has 0 bridgehead atoms. The molecule has 138 valence electrons. The lowest BCUT2D eigenvalue weighted by molar-refractivity contribution is 0.568. The van der Waals surface area contributed by atoms with Gasteiger partial charge in [0.05, 0.1) is 35.5 Å². The van der Waals surface area contributed by atoms with E-state index < -0.39 is 0 Å². The maximum absolute atomic E-state index is 5.20. The van der Waals surface area contributed by atoms with Crippen LogP contribution in [0.5, 0.6) is 0 Å². The van der Waals surface area contributed by atoms with Crippen LogP contribution < -0.4 is 0 Å². The Balaban J connectivity index is 1.53. The fraction of sp³-hybridized carbons (Fsp3) is 0. The van der Waals surface area contributed by atoms with Crippen LogP contribution in [0.4, 0.5) is 0 Å². The van der Waals surface area contributed by atoms with E-state index in [0.717, 1.165) is 50.1 Å². The molecule has 29 heavy (non-hydrogen) atoms. The Morgan fingerprint density at radius 3 is 2.76 bits per heavy atom. The highest BCUT2D eigenvalue weighted by molar-refractivity contribution is 5.96. The number of hydrogen-bond donors (Lipinski definition) is 2. The SMILES string of the molecule is c1cncc(-c2cc3c(-c4nc5c(-c6ccoc6)nccc5[nH]4)n[nH]c3cn2)c1. The van der Waals surface area contributed by atoms with E-state index in [1.807, 2.05) is 30.3 Å². The summed E-state index contributed by atoms with van der Waals surface area (Å²) in [5.74, 6) is 0.660. The van der Waals surface area contributed by atoms with Gasteiger partial charge in [-0.15, -0.1) is 0 Å². The smallest absolute Gasteiger partial charge is 0.159 e. The zero-order valence-corrected chi connectivity index (χ0v) is 15.0. The molecule has 6 aromatic rings. The first-order chi connectivity index (χ1) is 14.4. The Kier molecular flexibility index (Phi) is 3.30. The highest BCUT2D eigenvalue weighted by Crippen LogP contribution is 2.31. The van der Waals surface area contributed by atoms with E-state index in [4.69, 9.17) is 9.40 Å². The van der Waals surface area contributed by atoms with E-state index in [-0.39, 0.29) is 0 Å². The predicted octanol–water partition coefficient (Wildman–Crippen LogP) is 4.22. The molecule has 8 nitrogen and oxygen atoms in total. The molecular weight excluding hydrogens is 366 g/mol. The van der Waals surface area contributed by atoms with Crippen LogP contribution in [0.15, 0.2) is 72.1 Å². The first kappa shape index (κ1) is 15.7.